The van der Waals surface area contributed by atoms with Crippen LogP contribution in [-0.2, 0) is 6.61 Å². The molecule has 8 nitrogen and oxygen atoms in total. The summed E-state index contributed by atoms with van der Waals surface area (Å²) in [4.78, 5) is 12.3. The largest absolute Gasteiger partial charge is 0.493 e. The van der Waals surface area contributed by atoms with Crippen molar-refractivity contribution >= 4 is 0 Å². The van der Waals surface area contributed by atoms with Crippen LogP contribution in [-0.4, -0.2) is 19.3 Å². The molecule has 0 fully saturated rings. The minimum atomic E-state index is -0.854. The molecular formula is C18H16N2O6. The zero-order chi connectivity index (χ0) is 18.8. The van der Waals surface area contributed by atoms with E-state index in [1.54, 1.807) is 18.2 Å². The zero-order valence-corrected chi connectivity index (χ0v) is 14.1. The first-order valence-electron chi connectivity index (χ1n) is 7.61. The van der Waals surface area contributed by atoms with Gasteiger partial charge in [-0.05, 0) is 6.07 Å². The topological polar surface area (TPSA) is 128 Å². The van der Waals surface area contributed by atoms with Crippen molar-refractivity contribution in [3.8, 4) is 23.3 Å². The molecule has 1 aromatic carbocycles. The maximum atomic E-state index is 12.3. The summed E-state index contributed by atoms with van der Waals surface area (Å²) in [7, 11) is 2.94. The van der Waals surface area contributed by atoms with Gasteiger partial charge in [0, 0.05) is 11.6 Å². The zero-order valence-electron chi connectivity index (χ0n) is 14.1. The van der Waals surface area contributed by atoms with Crippen LogP contribution < -0.4 is 25.4 Å². The maximum absolute atomic E-state index is 12.3. The Morgan fingerprint density at radius 2 is 2.12 bits per heavy atom. The first kappa shape index (κ1) is 17.4. The van der Waals surface area contributed by atoms with Gasteiger partial charge in [0.25, 0.3) is 0 Å². The fraction of sp³-hybridized carbons (Fsp3) is 0.222. The second-order valence-electron chi connectivity index (χ2n) is 5.44. The Morgan fingerprint density at radius 3 is 2.73 bits per heavy atom. The summed E-state index contributed by atoms with van der Waals surface area (Å²) in [5, 5.41) is 19.0. The van der Waals surface area contributed by atoms with E-state index in [0.717, 1.165) is 6.07 Å². The number of hydrogen-bond acceptors (Lipinski definition) is 8. The number of allylic oxidation sites excluding steroid dienone is 1. The van der Waals surface area contributed by atoms with Crippen molar-refractivity contribution in [2.24, 2.45) is 5.73 Å². The second-order valence-corrected chi connectivity index (χ2v) is 5.44. The molecule has 1 atom stereocenters. The Morgan fingerprint density at radius 1 is 1.35 bits per heavy atom. The highest BCUT2D eigenvalue weighted by Crippen LogP contribution is 2.46. The van der Waals surface area contributed by atoms with Gasteiger partial charge in [-0.2, -0.15) is 5.26 Å². The average Bonchev–Trinajstić information content (AvgIpc) is 2.66. The normalized spacial score (nSPS) is 15.7. The van der Waals surface area contributed by atoms with E-state index in [0.29, 0.717) is 17.1 Å². The molecule has 0 unspecified atom stereocenters. The van der Waals surface area contributed by atoms with Crippen molar-refractivity contribution in [3.05, 3.63) is 63.0 Å². The van der Waals surface area contributed by atoms with Crippen molar-refractivity contribution in [2.75, 3.05) is 14.2 Å². The fourth-order valence-corrected chi connectivity index (χ4v) is 2.91. The van der Waals surface area contributed by atoms with Gasteiger partial charge >= 0.3 is 0 Å². The number of rotatable bonds is 4. The molecule has 1 aliphatic heterocycles. The average molecular weight is 356 g/mol. The molecule has 0 saturated carbocycles. The molecule has 1 aliphatic rings. The first-order valence-corrected chi connectivity index (χ1v) is 7.61. The number of hydrogen-bond donors (Lipinski definition) is 2. The second kappa shape index (κ2) is 6.82. The third-order valence-electron chi connectivity index (χ3n) is 4.03. The van der Waals surface area contributed by atoms with Crippen LogP contribution in [0, 0.1) is 11.3 Å². The molecular weight excluding hydrogens is 340 g/mol. The van der Waals surface area contributed by atoms with E-state index in [4.69, 9.17) is 24.4 Å². The number of benzene rings is 1. The lowest BCUT2D eigenvalue weighted by molar-refractivity contribution is 0.231. The summed E-state index contributed by atoms with van der Waals surface area (Å²) < 4.78 is 21.7. The number of nitrogens with zero attached hydrogens (tertiary/aromatic N) is 1. The Labute approximate surface area is 148 Å². The van der Waals surface area contributed by atoms with Crippen LogP contribution >= 0.6 is 0 Å². The summed E-state index contributed by atoms with van der Waals surface area (Å²) in [6, 6.07) is 8.23. The third-order valence-corrected chi connectivity index (χ3v) is 4.03. The lowest BCUT2D eigenvalue weighted by Crippen LogP contribution is -2.25. The lowest BCUT2D eigenvalue weighted by Gasteiger charge is -2.26. The summed E-state index contributed by atoms with van der Waals surface area (Å²) >= 11 is 0. The number of nitrogens with two attached hydrogens (primary N) is 1. The van der Waals surface area contributed by atoms with E-state index < -0.39 is 18.0 Å². The lowest BCUT2D eigenvalue weighted by atomic mass is 9.86. The van der Waals surface area contributed by atoms with Crippen LogP contribution in [0.2, 0.25) is 0 Å². The molecule has 8 heteroatoms. The molecule has 26 heavy (non-hydrogen) atoms. The molecule has 0 radical (unpaired) electrons. The number of para-hydroxylation sites is 1. The van der Waals surface area contributed by atoms with Crippen LogP contribution in [0.5, 0.6) is 17.2 Å². The van der Waals surface area contributed by atoms with Crippen LogP contribution in [0.4, 0.5) is 0 Å². The van der Waals surface area contributed by atoms with Crippen LogP contribution in [0.3, 0.4) is 0 Å². The molecule has 1 aromatic heterocycles. The molecule has 0 aliphatic carbocycles. The van der Waals surface area contributed by atoms with E-state index in [1.807, 2.05) is 6.07 Å². The molecule has 0 amide bonds. The van der Waals surface area contributed by atoms with Gasteiger partial charge in [0.1, 0.15) is 24.0 Å². The number of aliphatic hydroxyl groups excluding tert-OH is 1. The molecule has 134 valence electrons. The maximum Gasteiger partial charge on any atom is 0.228 e. The molecule has 0 saturated heterocycles. The summed E-state index contributed by atoms with van der Waals surface area (Å²) in [6.45, 7) is -0.481. The van der Waals surface area contributed by atoms with Gasteiger partial charge < -0.3 is 29.5 Å². The van der Waals surface area contributed by atoms with Crippen LogP contribution in [0.15, 0.2) is 44.9 Å². The smallest absolute Gasteiger partial charge is 0.228 e. The number of nitriles is 1. The molecule has 3 rings (SSSR count). The molecule has 2 heterocycles. The van der Waals surface area contributed by atoms with Gasteiger partial charge in [-0.3, -0.25) is 4.79 Å². The Hall–Kier alpha value is -3.44. The number of methoxy groups -OCH3 is 2. The highest BCUT2D eigenvalue weighted by molar-refractivity contribution is 5.58. The van der Waals surface area contributed by atoms with Crippen molar-refractivity contribution in [1.29, 1.82) is 5.26 Å². The summed E-state index contributed by atoms with van der Waals surface area (Å²) in [5.74, 6) is -0.263. The molecule has 0 bridgehead atoms. The molecule has 0 spiro atoms. The Balaban J connectivity index is 2.35. The van der Waals surface area contributed by atoms with E-state index in [2.05, 4.69) is 0 Å². The van der Waals surface area contributed by atoms with Gasteiger partial charge in [0.15, 0.2) is 17.3 Å². The van der Waals surface area contributed by atoms with Crippen molar-refractivity contribution in [3.63, 3.8) is 0 Å². The molecule has 3 N–H and O–H groups in total. The van der Waals surface area contributed by atoms with Gasteiger partial charge in [0.05, 0.1) is 20.1 Å². The predicted octanol–water partition coefficient (Wildman–Crippen LogP) is 1.37. The predicted molar refractivity (Wildman–Crippen MR) is 89.7 cm³/mol. The van der Waals surface area contributed by atoms with Gasteiger partial charge in [-0.15, -0.1) is 0 Å². The summed E-state index contributed by atoms with van der Waals surface area (Å²) in [5.41, 5.74) is 5.92. The Kier molecular flexibility index (Phi) is 4.56. The third kappa shape index (κ3) is 2.64. The first-order chi connectivity index (χ1) is 12.5. The molecule has 2 aromatic rings. The van der Waals surface area contributed by atoms with Crippen LogP contribution in [0.1, 0.15) is 23.0 Å². The van der Waals surface area contributed by atoms with E-state index >= 15 is 0 Å². The highest BCUT2D eigenvalue weighted by Gasteiger charge is 2.37. The van der Waals surface area contributed by atoms with Crippen molar-refractivity contribution in [2.45, 2.75) is 12.5 Å². The van der Waals surface area contributed by atoms with Gasteiger partial charge in [-0.1, -0.05) is 12.1 Å². The van der Waals surface area contributed by atoms with Crippen molar-refractivity contribution in [1.82, 2.24) is 0 Å². The quantitative estimate of drug-likeness (QED) is 0.840. The van der Waals surface area contributed by atoms with E-state index in [9.17, 15) is 15.2 Å². The number of ether oxygens (including phenoxy) is 3. The standard InChI is InChI=1S/C18H16N2O6/c1-23-13-5-3-4-10(15(13)24-2)14-11(7-19)18(20)26-16-12(22)6-9(8-21)25-17(14)16/h3-6,14,21H,8,20H2,1-2H3/t14-/m0/s1. The highest BCUT2D eigenvalue weighted by atomic mass is 16.5. The minimum absolute atomic E-state index is 0.0435. The van der Waals surface area contributed by atoms with Gasteiger partial charge in [0.2, 0.25) is 17.1 Å². The Bertz CT molecular complexity index is 986. The van der Waals surface area contributed by atoms with E-state index in [1.165, 1.54) is 14.2 Å². The SMILES string of the molecule is COc1cccc([C@H]2C(C#N)=C(N)Oc3c2oc(CO)cc3=O)c1OC. The monoisotopic (exact) mass is 356 g/mol. The van der Waals surface area contributed by atoms with Crippen molar-refractivity contribution < 1.29 is 23.7 Å². The summed E-state index contributed by atoms with van der Waals surface area (Å²) in [6.07, 6.45) is 0. The number of fused-ring (bicyclic) bond motifs is 1. The van der Waals surface area contributed by atoms with Crippen LogP contribution in [0.25, 0.3) is 0 Å². The fourth-order valence-electron chi connectivity index (χ4n) is 2.91. The van der Waals surface area contributed by atoms with E-state index in [-0.39, 0.29) is 28.7 Å². The van der Waals surface area contributed by atoms with Gasteiger partial charge in [-0.25, -0.2) is 0 Å². The minimum Gasteiger partial charge on any atom is -0.493 e. The number of aliphatic hydroxyl groups is 1.